The molecule has 0 heterocycles. The summed E-state index contributed by atoms with van der Waals surface area (Å²) < 4.78 is 3.73. The number of carboxylic acid groups (broad SMARTS) is 5. The van der Waals surface area contributed by atoms with Crippen LogP contribution in [0.25, 0.3) is 0 Å². The smallest absolute Gasteiger partial charge is 0.369 e. The third-order valence-corrected chi connectivity index (χ3v) is 6.24. The Morgan fingerprint density at radius 3 is 1.49 bits per heavy atom. The van der Waals surface area contributed by atoms with Gasteiger partial charge in [-0.05, 0) is 42.8 Å². The van der Waals surface area contributed by atoms with Gasteiger partial charge < -0.3 is 25.5 Å². The molecule has 1 aliphatic rings. The average molecular weight is 592 g/mol. The summed E-state index contributed by atoms with van der Waals surface area (Å²) in [7, 11) is 0. The second-order valence-corrected chi connectivity index (χ2v) is 9.43. The van der Waals surface area contributed by atoms with Crippen molar-refractivity contribution in [2.45, 2.75) is 32.1 Å². The lowest BCUT2D eigenvalue weighted by atomic mass is 9.94. The average Bonchev–Trinajstić information content (AvgIpc) is 2.87. The summed E-state index contributed by atoms with van der Waals surface area (Å²) in [5.74, 6) is -6.38. The molecule has 0 aromatic heterocycles. The van der Waals surface area contributed by atoms with Crippen molar-refractivity contribution in [3.05, 3.63) is 29.8 Å². The van der Waals surface area contributed by atoms with Crippen LogP contribution in [0, 0.1) is 0 Å². The summed E-state index contributed by atoms with van der Waals surface area (Å²) in [4.78, 5) is 62.2. The predicted molar refractivity (Wildman–Crippen MR) is 146 cm³/mol. The molecule has 218 valence electrons. The summed E-state index contributed by atoms with van der Waals surface area (Å²) in [6, 6.07) is 6.63. The monoisotopic (exact) mass is 591 g/mol. The second-order valence-electron chi connectivity index (χ2n) is 9.25. The van der Waals surface area contributed by atoms with Crippen molar-refractivity contribution in [3.8, 4) is 0 Å². The number of benzene rings is 1. The molecule has 0 atom stereocenters. The van der Waals surface area contributed by atoms with Gasteiger partial charge in [0.25, 0.3) is 0 Å². The Balaban J connectivity index is 2.78. The Kier molecular flexibility index (Phi) is 12.6. The molecule has 5 N–H and O–H groups in total. The molecule has 1 fully saturated rings. The molecule has 15 heteroatoms. The summed E-state index contributed by atoms with van der Waals surface area (Å²) in [6.45, 7) is -3.38. The van der Waals surface area contributed by atoms with E-state index < -0.39 is 62.6 Å². The van der Waals surface area contributed by atoms with E-state index in [1.54, 1.807) is 24.3 Å². The van der Waals surface area contributed by atoms with Crippen LogP contribution in [0.1, 0.15) is 31.2 Å². The SMILES string of the molecule is O=C(O)C[N+](CC(=O)O)=C(Cc1ccc(N=C=S)cc1)C[N+](CC(=O)O)=C1CCCCC1=[N+](CC(=O)O)CC(=O)O. The molecule has 41 heavy (non-hydrogen) atoms. The van der Waals surface area contributed by atoms with E-state index in [1.165, 1.54) is 9.15 Å². The van der Waals surface area contributed by atoms with Crippen molar-refractivity contribution < 1.29 is 63.2 Å². The minimum absolute atomic E-state index is 0.0504. The number of isothiocyanates is 1. The van der Waals surface area contributed by atoms with E-state index in [9.17, 15) is 49.5 Å². The third-order valence-electron chi connectivity index (χ3n) is 6.14. The zero-order chi connectivity index (χ0) is 30.5. The van der Waals surface area contributed by atoms with Crippen LogP contribution < -0.4 is 0 Å². The molecular formula is C26H31N4O10S+3. The standard InChI is InChI=1S/C26H28N4O10S/c31-22(32)11-28(12-23(33)34)19(9-17-5-7-18(8-6-17)27-16-41)10-29(13-24(35)36)20-3-1-2-4-21(20)30(14-25(37)38)15-26(39)40/h5-8H,1-4,9-15H2,(H2-3,31,32,33,34,35,36,37,38,39,40)/p+3. The molecular weight excluding hydrogens is 560 g/mol. The molecule has 1 saturated carbocycles. The number of hydrogen-bond acceptors (Lipinski definition) is 7. The van der Waals surface area contributed by atoms with Crippen LogP contribution in [0.2, 0.25) is 0 Å². The maximum atomic E-state index is 11.9. The van der Waals surface area contributed by atoms with Crippen LogP contribution in [0.5, 0.6) is 0 Å². The van der Waals surface area contributed by atoms with Crippen LogP contribution in [-0.2, 0) is 30.4 Å². The van der Waals surface area contributed by atoms with Crippen molar-refractivity contribution >= 4 is 70.0 Å². The highest BCUT2D eigenvalue weighted by Crippen LogP contribution is 2.16. The van der Waals surface area contributed by atoms with Crippen molar-refractivity contribution in [1.29, 1.82) is 0 Å². The zero-order valence-corrected chi connectivity index (χ0v) is 22.9. The highest BCUT2D eigenvalue weighted by molar-refractivity contribution is 7.78. The Bertz CT molecular complexity index is 1320. The molecule has 0 amide bonds. The van der Waals surface area contributed by atoms with Gasteiger partial charge in [0.1, 0.15) is 0 Å². The maximum Gasteiger partial charge on any atom is 0.369 e. The number of carboxylic acids is 5. The predicted octanol–water partition coefficient (Wildman–Crippen LogP) is 0.321. The Labute approximate surface area is 239 Å². The number of nitrogens with zero attached hydrogens (tertiary/aromatic N) is 4. The summed E-state index contributed by atoms with van der Waals surface area (Å²) >= 11 is 4.60. The topological polar surface area (TPSA) is 208 Å². The molecule has 14 nitrogen and oxygen atoms in total. The van der Waals surface area contributed by atoms with Gasteiger partial charge in [0, 0.05) is 12.8 Å². The van der Waals surface area contributed by atoms with E-state index in [1.807, 2.05) is 0 Å². The maximum absolute atomic E-state index is 11.9. The second kappa shape index (κ2) is 15.8. The Morgan fingerprint density at radius 1 is 0.683 bits per heavy atom. The fraction of sp³-hybridized carbons (Fsp3) is 0.423. The van der Waals surface area contributed by atoms with E-state index in [0.29, 0.717) is 48.4 Å². The lowest BCUT2D eigenvalue weighted by molar-refractivity contribution is -0.543. The minimum atomic E-state index is -1.30. The van der Waals surface area contributed by atoms with Gasteiger partial charge in [-0.15, -0.1) is 0 Å². The molecule has 1 aromatic carbocycles. The number of hydrogen-bond donors (Lipinski definition) is 5. The highest BCUT2D eigenvalue weighted by atomic mass is 32.1. The molecule has 0 saturated heterocycles. The first kappa shape index (κ1) is 32.6. The van der Waals surface area contributed by atoms with E-state index in [2.05, 4.69) is 22.4 Å². The van der Waals surface area contributed by atoms with Gasteiger partial charge in [-0.2, -0.15) is 4.99 Å². The number of rotatable bonds is 15. The van der Waals surface area contributed by atoms with Gasteiger partial charge in [-0.25, -0.2) is 37.7 Å². The summed E-state index contributed by atoms with van der Waals surface area (Å²) in [5.41, 5.74) is 2.22. The van der Waals surface area contributed by atoms with E-state index in [0.717, 1.165) is 4.58 Å². The van der Waals surface area contributed by atoms with Crippen molar-refractivity contribution in [1.82, 2.24) is 0 Å². The first-order chi connectivity index (χ1) is 19.4. The quantitative estimate of drug-likeness (QED) is 0.107. The lowest BCUT2D eigenvalue weighted by Gasteiger charge is -2.16. The van der Waals surface area contributed by atoms with Crippen LogP contribution >= 0.6 is 12.2 Å². The minimum Gasteiger partial charge on any atom is -0.477 e. The normalized spacial score (nSPS) is 13.9. The molecule has 1 aromatic rings. The fourth-order valence-electron chi connectivity index (χ4n) is 4.61. The molecule has 2 rings (SSSR count). The lowest BCUT2D eigenvalue weighted by Crippen LogP contribution is -2.45. The number of aliphatic imine (C=N–C) groups is 1. The molecule has 0 bridgehead atoms. The van der Waals surface area contributed by atoms with Crippen LogP contribution in [0.15, 0.2) is 29.3 Å². The first-order valence-corrected chi connectivity index (χ1v) is 12.9. The molecule has 1 aliphatic carbocycles. The van der Waals surface area contributed by atoms with Crippen LogP contribution in [0.3, 0.4) is 0 Å². The third kappa shape index (κ3) is 11.2. The van der Waals surface area contributed by atoms with Crippen molar-refractivity contribution in [2.75, 3.05) is 39.3 Å². The summed E-state index contributed by atoms with van der Waals surface area (Å²) in [6.07, 6.45) is 1.90. The molecule has 0 radical (unpaired) electrons. The fourth-order valence-corrected chi connectivity index (χ4v) is 4.71. The van der Waals surface area contributed by atoms with Crippen LogP contribution in [-0.4, -0.2) is 131 Å². The number of thiocarbonyl (C=S) groups is 1. The van der Waals surface area contributed by atoms with Gasteiger partial charge in [0.05, 0.1) is 17.3 Å². The first-order valence-electron chi connectivity index (χ1n) is 12.5. The van der Waals surface area contributed by atoms with Gasteiger partial charge in [0.15, 0.2) is 0 Å². The summed E-state index contributed by atoms with van der Waals surface area (Å²) in [5, 5.41) is 49.8. The largest absolute Gasteiger partial charge is 0.477 e. The van der Waals surface area contributed by atoms with E-state index >= 15 is 0 Å². The van der Waals surface area contributed by atoms with E-state index in [-0.39, 0.29) is 18.7 Å². The van der Waals surface area contributed by atoms with Gasteiger partial charge in [0.2, 0.25) is 56.4 Å². The Morgan fingerprint density at radius 2 is 1.10 bits per heavy atom. The molecule has 0 unspecified atom stereocenters. The van der Waals surface area contributed by atoms with Crippen molar-refractivity contribution in [2.24, 2.45) is 4.99 Å². The highest BCUT2D eigenvalue weighted by Gasteiger charge is 2.36. The molecule has 0 aliphatic heterocycles. The number of aliphatic carboxylic acids is 5. The van der Waals surface area contributed by atoms with Gasteiger partial charge in [-0.1, -0.05) is 12.1 Å². The van der Waals surface area contributed by atoms with Gasteiger partial charge in [-0.3, -0.25) is 0 Å². The van der Waals surface area contributed by atoms with Gasteiger partial charge >= 0.3 is 29.8 Å². The van der Waals surface area contributed by atoms with E-state index in [4.69, 9.17) is 0 Å². The zero-order valence-electron chi connectivity index (χ0n) is 22.1. The number of carbonyl (C=O) groups is 5. The molecule has 0 spiro atoms. The van der Waals surface area contributed by atoms with Crippen molar-refractivity contribution in [3.63, 3.8) is 0 Å². The van der Waals surface area contributed by atoms with Crippen LogP contribution in [0.4, 0.5) is 5.69 Å². The Hall–Kier alpha value is -4.62.